The van der Waals surface area contributed by atoms with Crippen LogP contribution in [0.15, 0.2) is 42.5 Å². The fourth-order valence-corrected chi connectivity index (χ4v) is 3.61. The van der Waals surface area contributed by atoms with Gasteiger partial charge in [-0.3, -0.25) is 9.63 Å². The van der Waals surface area contributed by atoms with Crippen molar-refractivity contribution in [1.82, 2.24) is 5.06 Å². The van der Waals surface area contributed by atoms with Crippen molar-refractivity contribution in [3.8, 4) is 0 Å². The molecule has 1 saturated heterocycles. The van der Waals surface area contributed by atoms with E-state index < -0.39 is 0 Å². The Balaban J connectivity index is 1.75. The van der Waals surface area contributed by atoms with Gasteiger partial charge in [0, 0.05) is 23.1 Å². The summed E-state index contributed by atoms with van der Waals surface area (Å²) >= 11 is 0. The molecule has 1 aliphatic heterocycles. The van der Waals surface area contributed by atoms with E-state index in [1.165, 1.54) is 6.42 Å². The quantitative estimate of drug-likeness (QED) is 0.510. The number of carbonyl (C=O) groups is 1. The van der Waals surface area contributed by atoms with Crippen LogP contribution in [0.4, 0.5) is 0 Å². The minimum absolute atomic E-state index is 0.0683. The van der Waals surface area contributed by atoms with Gasteiger partial charge in [-0.1, -0.05) is 42.5 Å². The first-order chi connectivity index (χ1) is 11.3. The molecule has 1 fully saturated rings. The fourth-order valence-electron chi connectivity index (χ4n) is 3.61. The monoisotopic (exact) mass is 329 g/mol. The Hall–Kier alpha value is -1.45. The largest absolute Gasteiger partial charge is 0.294 e. The van der Waals surface area contributed by atoms with Crippen molar-refractivity contribution in [1.29, 1.82) is 0 Å². The molecule has 0 aromatic heterocycles. The number of carbonyl (C=O) groups excluding carboxylic acids is 1. The van der Waals surface area contributed by atoms with Crippen LogP contribution < -0.4 is 0 Å². The third-order valence-corrected chi connectivity index (χ3v) is 4.78. The molecule has 0 spiro atoms. The molecule has 0 N–H and O–H groups in total. The maximum atomic E-state index is 12.0. The van der Waals surface area contributed by atoms with Gasteiger partial charge in [0.15, 0.2) is 5.78 Å². The second kappa shape index (κ2) is 8.09. The Morgan fingerprint density at radius 2 is 1.71 bits per heavy atom. The molecule has 3 nitrogen and oxygen atoms in total. The summed E-state index contributed by atoms with van der Waals surface area (Å²) in [5.74, 6) is 0.194. The summed E-state index contributed by atoms with van der Waals surface area (Å²) in [7, 11) is 0. The van der Waals surface area contributed by atoms with E-state index in [-0.39, 0.29) is 16.9 Å². The Morgan fingerprint density at radius 1 is 1.08 bits per heavy atom. The van der Waals surface area contributed by atoms with E-state index in [1.807, 2.05) is 42.5 Å². The van der Waals surface area contributed by atoms with Crippen LogP contribution in [0.3, 0.4) is 0 Å². The molecule has 132 valence electrons. The van der Waals surface area contributed by atoms with Crippen molar-refractivity contribution in [2.45, 2.75) is 70.9 Å². The van der Waals surface area contributed by atoms with E-state index in [0.29, 0.717) is 13.0 Å². The van der Waals surface area contributed by atoms with E-state index >= 15 is 0 Å². The third kappa shape index (κ3) is 5.02. The minimum atomic E-state index is 0.0683. The van der Waals surface area contributed by atoms with Crippen LogP contribution in [-0.2, 0) is 4.84 Å². The van der Waals surface area contributed by atoms with Crippen molar-refractivity contribution >= 4 is 5.78 Å². The lowest BCUT2D eigenvalue weighted by Gasteiger charge is -2.51. The molecule has 2 rings (SSSR count). The van der Waals surface area contributed by atoms with Gasteiger partial charge in [0.25, 0.3) is 0 Å². The average Bonchev–Trinajstić information content (AvgIpc) is 2.52. The third-order valence-electron chi connectivity index (χ3n) is 4.78. The zero-order valence-corrected chi connectivity index (χ0v) is 15.5. The van der Waals surface area contributed by atoms with E-state index in [0.717, 1.165) is 24.8 Å². The summed E-state index contributed by atoms with van der Waals surface area (Å²) < 4.78 is 0. The van der Waals surface area contributed by atoms with Gasteiger partial charge in [-0.25, -0.2) is 0 Å². The molecule has 24 heavy (non-hydrogen) atoms. The van der Waals surface area contributed by atoms with Gasteiger partial charge < -0.3 is 0 Å². The number of rotatable bonds is 7. The predicted molar refractivity (Wildman–Crippen MR) is 98.9 cm³/mol. The number of hydrogen-bond donors (Lipinski definition) is 0. The number of nitrogens with zero attached hydrogens (tertiary/aromatic N) is 1. The van der Waals surface area contributed by atoms with Crippen molar-refractivity contribution in [2.24, 2.45) is 0 Å². The standard InChI is InChI=1S/C21H31NO2/c1-20(2)15-11-16-21(3,4)22(20)24-17-10-6-9-14-19(23)18-12-7-5-8-13-18/h5-8,10,12-13H,9,11,14-17H2,1-4H3/b10-6+. The molecule has 0 aliphatic carbocycles. The summed E-state index contributed by atoms with van der Waals surface area (Å²) in [6.07, 6.45) is 8.93. The smallest absolute Gasteiger partial charge is 0.163 e. The van der Waals surface area contributed by atoms with Gasteiger partial charge in [-0.05, 0) is 53.4 Å². The number of ketones is 1. The van der Waals surface area contributed by atoms with E-state index in [2.05, 4.69) is 32.8 Å². The van der Waals surface area contributed by atoms with Gasteiger partial charge in [0.05, 0.1) is 6.61 Å². The highest BCUT2D eigenvalue weighted by molar-refractivity contribution is 5.96. The Labute approximate surface area is 146 Å². The van der Waals surface area contributed by atoms with Crippen LogP contribution in [0.1, 0.15) is 70.2 Å². The van der Waals surface area contributed by atoms with Crippen molar-refractivity contribution in [2.75, 3.05) is 6.61 Å². The molecule has 0 saturated carbocycles. The fraction of sp³-hybridized carbons (Fsp3) is 0.571. The molecule has 0 bridgehead atoms. The highest BCUT2D eigenvalue weighted by Crippen LogP contribution is 2.38. The molecule has 0 amide bonds. The van der Waals surface area contributed by atoms with Gasteiger partial charge in [-0.15, -0.1) is 0 Å². The van der Waals surface area contributed by atoms with Crippen molar-refractivity contribution < 1.29 is 9.63 Å². The molecule has 1 heterocycles. The van der Waals surface area contributed by atoms with Gasteiger partial charge >= 0.3 is 0 Å². The lowest BCUT2D eigenvalue weighted by Crippen LogP contribution is -2.58. The number of allylic oxidation sites excluding steroid dienone is 1. The van der Waals surface area contributed by atoms with E-state index in [4.69, 9.17) is 4.84 Å². The van der Waals surface area contributed by atoms with Gasteiger partial charge in [-0.2, -0.15) is 5.06 Å². The molecule has 1 aromatic rings. The summed E-state index contributed by atoms with van der Waals surface area (Å²) in [5.41, 5.74) is 0.927. The number of Topliss-reactive ketones (excluding diaryl/α,β-unsaturated/α-hetero) is 1. The second-order valence-electron chi connectivity index (χ2n) is 7.87. The molecule has 3 heteroatoms. The first-order valence-corrected chi connectivity index (χ1v) is 8.99. The molecule has 0 unspecified atom stereocenters. The highest BCUT2D eigenvalue weighted by Gasteiger charge is 2.42. The predicted octanol–water partition coefficient (Wildman–Crippen LogP) is 5.18. The zero-order chi connectivity index (χ0) is 17.6. The van der Waals surface area contributed by atoms with Crippen LogP contribution in [0.2, 0.25) is 0 Å². The molecular formula is C21H31NO2. The molecule has 0 atom stereocenters. The maximum absolute atomic E-state index is 12.0. The van der Waals surface area contributed by atoms with E-state index in [1.54, 1.807) is 0 Å². The normalized spacial score (nSPS) is 20.3. The Bertz CT molecular complexity index is 544. The SMILES string of the molecule is CC1(C)CCCC(C)(C)N1OC/C=C/CCC(=O)c1ccccc1. The summed E-state index contributed by atoms with van der Waals surface area (Å²) in [6, 6.07) is 9.47. The van der Waals surface area contributed by atoms with Crippen LogP contribution in [-0.4, -0.2) is 28.5 Å². The van der Waals surface area contributed by atoms with Gasteiger partial charge in [0.2, 0.25) is 0 Å². The number of hydrogen-bond acceptors (Lipinski definition) is 3. The highest BCUT2D eigenvalue weighted by atomic mass is 16.7. The van der Waals surface area contributed by atoms with Crippen LogP contribution >= 0.6 is 0 Å². The topological polar surface area (TPSA) is 29.5 Å². The van der Waals surface area contributed by atoms with E-state index in [9.17, 15) is 4.79 Å². The lowest BCUT2D eigenvalue weighted by atomic mass is 9.82. The minimum Gasteiger partial charge on any atom is -0.294 e. The number of benzene rings is 1. The summed E-state index contributed by atoms with van der Waals surface area (Å²) in [5, 5.41) is 2.17. The first kappa shape index (κ1) is 18.9. The van der Waals surface area contributed by atoms with Crippen molar-refractivity contribution in [3.63, 3.8) is 0 Å². The Morgan fingerprint density at radius 3 is 2.33 bits per heavy atom. The van der Waals surface area contributed by atoms with Crippen molar-refractivity contribution in [3.05, 3.63) is 48.0 Å². The van der Waals surface area contributed by atoms with Crippen LogP contribution in [0, 0.1) is 0 Å². The first-order valence-electron chi connectivity index (χ1n) is 8.99. The summed E-state index contributed by atoms with van der Waals surface area (Å²) in [6.45, 7) is 9.55. The zero-order valence-electron chi connectivity index (χ0n) is 15.5. The van der Waals surface area contributed by atoms with Crippen LogP contribution in [0.25, 0.3) is 0 Å². The van der Waals surface area contributed by atoms with Crippen LogP contribution in [0.5, 0.6) is 0 Å². The Kier molecular flexibility index (Phi) is 6.36. The average molecular weight is 329 g/mol. The molecule has 0 radical (unpaired) electrons. The molecule has 1 aromatic carbocycles. The molecular weight excluding hydrogens is 298 g/mol. The van der Waals surface area contributed by atoms with Gasteiger partial charge in [0.1, 0.15) is 0 Å². The number of hydroxylamine groups is 2. The second-order valence-corrected chi connectivity index (χ2v) is 7.87. The summed E-state index contributed by atoms with van der Waals surface area (Å²) in [4.78, 5) is 18.1. The lowest BCUT2D eigenvalue weighted by molar-refractivity contribution is -0.274. The molecule has 1 aliphatic rings. The maximum Gasteiger partial charge on any atom is 0.163 e. The number of piperidine rings is 1.